The Bertz CT molecular complexity index is 523. The number of aliphatic hydroxyl groups is 1. The molecule has 1 saturated heterocycles. The van der Waals surface area contributed by atoms with E-state index in [0.29, 0.717) is 23.2 Å². The van der Waals surface area contributed by atoms with Gasteiger partial charge in [-0.05, 0) is 26.2 Å². The molecule has 1 aromatic rings. The van der Waals surface area contributed by atoms with E-state index < -0.39 is 5.97 Å². The second kappa shape index (κ2) is 11.6. The van der Waals surface area contributed by atoms with Crippen LogP contribution in [0, 0.1) is 6.92 Å². The molecule has 136 valence electrons. The molecule has 0 spiro atoms. The number of nitrogens with zero attached hydrogens (tertiary/aromatic N) is 1. The van der Waals surface area contributed by atoms with Crippen LogP contribution in [0.25, 0.3) is 0 Å². The Morgan fingerprint density at radius 3 is 2.75 bits per heavy atom. The Hall–Kier alpha value is -0.960. The van der Waals surface area contributed by atoms with Crippen LogP contribution in [0.3, 0.4) is 0 Å². The van der Waals surface area contributed by atoms with Gasteiger partial charge in [-0.25, -0.2) is 0 Å². The zero-order valence-corrected chi connectivity index (χ0v) is 15.5. The van der Waals surface area contributed by atoms with E-state index in [9.17, 15) is 9.90 Å². The van der Waals surface area contributed by atoms with Gasteiger partial charge in [0, 0.05) is 41.3 Å². The van der Waals surface area contributed by atoms with Gasteiger partial charge in [0.05, 0.1) is 12.3 Å². The van der Waals surface area contributed by atoms with Crippen LogP contribution in [0.4, 0.5) is 0 Å². The number of rotatable bonds is 7. The monoisotopic (exact) mass is 374 g/mol. The van der Waals surface area contributed by atoms with Crippen LogP contribution in [0.5, 0.6) is 5.75 Å². The molecule has 0 unspecified atom stereocenters. The molecule has 0 aliphatic carbocycles. The summed E-state index contributed by atoms with van der Waals surface area (Å²) in [4.78, 5) is 14.1. The van der Waals surface area contributed by atoms with E-state index in [4.69, 9.17) is 15.9 Å². The first-order valence-electron chi connectivity index (χ1n) is 7.96. The van der Waals surface area contributed by atoms with Crippen LogP contribution in [0.15, 0.2) is 6.20 Å². The summed E-state index contributed by atoms with van der Waals surface area (Å²) in [5.74, 6) is 0.696. The van der Waals surface area contributed by atoms with Crippen molar-refractivity contribution in [2.24, 2.45) is 5.73 Å². The van der Waals surface area contributed by atoms with Crippen molar-refractivity contribution in [2.75, 3.05) is 5.75 Å². The highest BCUT2D eigenvalue weighted by molar-refractivity contribution is 8.77. The lowest BCUT2D eigenvalue weighted by atomic mass is 10.1. The molecule has 2 rings (SSSR count). The van der Waals surface area contributed by atoms with Crippen LogP contribution in [0.1, 0.15) is 48.9 Å². The molecule has 1 fully saturated rings. The van der Waals surface area contributed by atoms with Crippen molar-refractivity contribution in [1.29, 1.82) is 0 Å². The number of carboxylic acids is 1. The smallest absolute Gasteiger partial charge is 0.303 e. The maximum Gasteiger partial charge on any atom is 0.303 e. The van der Waals surface area contributed by atoms with Crippen LogP contribution >= 0.6 is 21.6 Å². The Morgan fingerprint density at radius 2 is 2.21 bits per heavy atom. The van der Waals surface area contributed by atoms with Crippen molar-refractivity contribution < 1.29 is 20.1 Å². The molecule has 1 aromatic heterocycles. The Kier molecular flexibility index (Phi) is 10.2. The summed E-state index contributed by atoms with van der Waals surface area (Å²) in [5.41, 5.74) is 7.09. The maximum absolute atomic E-state index is 10.2. The number of pyridine rings is 1. The van der Waals surface area contributed by atoms with E-state index in [2.05, 4.69) is 4.98 Å². The van der Waals surface area contributed by atoms with Gasteiger partial charge in [0.1, 0.15) is 5.75 Å². The summed E-state index contributed by atoms with van der Waals surface area (Å²) in [6, 6.07) is 0. The number of nitrogens with two attached hydrogens (primary N) is 1. The van der Waals surface area contributed by atoms with Crippen LogP contribution < -0.4 is 5.73 Å². The Morgan fingerprint density at radius 1 is 1.46 bits per heavy atom. The van der Waals surface area contributed by atoms with Crippen molar-refractivity contribution in [3.05, 3.63) is 23.0 Å². The third kappa shape index (κ3) is 7.29. The molecule has 0 amide bonds. The highest BCUT2D eigenvalue weighted by atomic mass is 33.1. The molecule has 8 heteroatoms. The van der Waals surface area contributed by atoms with E-state index >= 15 is 0 Å². The first-order valence-corrected chi connectivity index (χ1v) is 10.3. The average molecular weight is 375 g/mol. The predicted molar refractivity (Wildman–Crippen MR) is 99.0 cm³/mol. The van der Waals surface area contributed by atoms with Crippen LogP contribution in [0.2, 0.25) is 0 Å². The van der Waals surface area contributed by atoms with Gasteiger partial charge in [0.15, 0.2) is 0 Å². The summed E-state index contributed by atoms with van der Waals surface area (Å²) in [7, 11) is 3.92. The van der Waals surface area contributed by atoms with E-state index in [-0.39, 0.29) is 18.9 Å². The number of unbranched alkanes of at least 4 members (excludes halogenated alkanes) is 1. The van der Waals surface area contributed by atoms with Gasteiger partial charge in [0.25, 0.3) is 0 Å². The lowest BCUT2D eigenvalue weighted by Crippen LogP contribution is -2.04. The molecule has 0 radical (unpaired) electrons. The fraction of sp³-hybridized carbons (Fsp3) is 0.625. The number of aliphatic carboxylic acids is 1. The van der Waals surface area contributed by atoms with Gasteiger partial charge in [-0.15, -0.1) is 0 Å². The second-order valence-corrected chi connectivity index (χ2v) is 8.31. The number of aromatic hydroxyl groups is 1. The molecule has 0 bridgehead atoms. The minimum absolute atomic E-state index is 0.0871. The minimum atomic E-state index is -0.663. The number of carboxylic acid groups (broad SMARTS) is 1. The van der Waals surface area contributed by atoms with Gasteiger partial charge in [-0.3, -0.25) is 9.78 Å². The third-order valence-corrected chi connectivity index (χ3v) is 6.71. The summed E-state index contributed by atoms with van der Waals surface area (Å²) in [5, 5.41) is 27.5. The SMILES string of the molecule is Cc1ncc(CO)c(CN)c1O.O=C(O)CCCC[C@H]1CCSS1. The Balaban J connectivity index is 0.000000240. The topological polar surface area (TPSA) is 117 Å². The molecule has 6 nitrogen and oxygen atoms in total. The summed E-state index contributed by atoms with van der Waals surface area (Å²) >= 11 is 0. The lowest BCUT2D eigenvalue weighted by molar-refractivity contribution is -0.137. The molecular formula is C16H26N2O4S2. The fourth-order valence-corrected chi connectivity index (χ4v) is 5.29. The number of aryl methyl sites for hydroxylation is 1. The van der Waals surface area contributed by atoms with E-state index in [1.807, 2.05) is 21.6 Å². The number of aromatic nitrogens is 1. The zero-order chi connectivity index (χ0) is 17.9. The summed E-state index contributed by atoms with van der Waals surface area (Å²) in [6.45, 7) is 1.76. The molecule has 5 N–H and O–H groups in total. The predicted octanol–water partition coefficient (Wildman–Crippen LogP) is 2.83. The van der Waals surface area contributed by atoms with Gasteiger partial charge in [-0.1, -0.05) is 28.0 Å². The fourth-order valence-electron chi connectivity index (χ4n) is 2.26. The normalized spacial score (nSPS) is 16.5. The lowest BCUT2D eigenvalue weighted by Gasteiger charge is -2.08. The van der Waals surface area contributed by atoms with Crippen molar-refractivity contribution in [3.8, 4) is 5.75 Å². The zero-order valence-electron chi connectivity index (χ0n) is 13.9. The number of aliphatic hydroxyl groups excluding tert-OH is 1. The molecule has 1 aliphatic heterocycles. The van der Waals surface area contributed by atoms with Gasteiger partial charge < -0.3 is 21.1 Å². The number of carbonyl (C=O) groups is 1. The van der Waals surface area contributed by atoms with Crippen molar-refractivity contribution in [3.63, 3.8) is 0 Å². The van der Waals surface area contributed by atoms with Gasteiger partial charge in [0.2, 0.25) is 0 Å². The summed E-state index contributed by atoms with van der Waals surface area (Å²) < 4.78 is 0. The second-order valence-electron chi connectivity index (χ2n) is 5.53. The number of hydrogen-bond acceptors (Lipinski definition) is 7. The largest absolute Gasteiger partial charge is 0.506 e. The maximum atomic E-state index is 10.2. The molecule has 0 saturated carbocycles. The number of hydrogen-bond donors (Lipinski definition) is 4. The Labute approximate surface area is 150 Å². The summed E-state index contributed by atoms with van der Waals surface area (Å²) in [6.07, 6.45) is 6.29. The molecule has 24 heavy (non-hydrogen) atoms. The van der Waals surface area contributed by atoms with E-state index in [1.54, 1.807) is 6.92 Å². The van der Waals surface area contributed by atoms with Crippen molar-refractivity contribution in [2.45, 2.75) is 57.4 Å². The molecule has 0 aromatic carbocycles. The third-order valence-electron chi connectivity index (χ3n) is 3.70. The average Bonchev–Trinajstić information content (AvgIpc) is 3.08. The first-order chi connectivity index (χ1) is 11.5. The molecule has 1 aliphatic rings. The molecular weight excluding hydrogens is 348 g/mol. The highest BCUT2D eigenvalue weighted by Gasteiger charge is 2.15. The van der Waals surface area contributed by atoms with Crippen LogP contribution in [-0.2, 0) is 17.9 Å². The minimum Gasteiger partial charge on any atom is -0.506 e. The first kappa shape index (κ1) is 21.1. The van der Waals surface area contributed by atoms with E-state index in [1.165, 1.54) is 24.8 Å². The van der Waals surface area contributed by atoms with Gasteiger partial charge in [-0.2, -0.15) is 0 Å². The molecule has 1 atom stereocenters. The van der Waals surface area contributed by atoms with E-state index in [0.717, 1.165) is 18.1 Å². The van der Waals surface area contributed by atoms with Crippen LogP contribution in [-0.4, -0.2) is 37.3 Å². The molecule has 2 heterocycles. The standard InChI is InChI=1S/C8H12N2O2.C8H14O2S2/c1-5-8(12)7(2-9)6(4-11)3-10-5;9-8(10)4-2-1-3-7-5-6-11-12-7/h3,11-12H,2,4,9H2,1H3;7H,1-6H2,(H,9,10)/t;7-/m.0/s1. The van der Waals surface area contributed by atoms with Crippen molar-refractivity contribution in [1.82, 2.24) is 4.98 Å². The highest BCUT2D eigenvalue weighted by Crippen LogP contribution is 2.39. The van der Waals surface area contributed by atoms with Gasteiger partial charge >= 0.3 is 5.97 Å². The quantitative estimate of drug-likeness (QED) is 0.425. The van der Waals surface area contributed by atoms with Crippen molar-refractivity contribution >= 4 is 27.6 Å².